The van der Waals surface area contributed by atoms with Crippen molar-refractivity contribution in [2.75, 3.05) is 13.7 Å². The molecule has 1 unspecified atom stereocenters. The fraction of sp³-hybridized carbons (Fsp3) is 0.500. The van der Waals surface area contributed by atoms with Crippen LogP contribution in [-0.4, -0.2) is 23.3 Å². The first-order valence-corrected chi connectivity index (χ1v) is 6.73. The minimum absolute atomic E-state index is 0.338. The highest BCUT2D eigenvalue weighted by Crippen LogP contribution is 2.26. The third kappa shape index (κ3) is 2.38. The molecule has 18 heavy (non-hydrogen) atoms. The van der Waals surface area contributed by atoms with Crippen molar-refractivity contribution in [3.63, 3.8) is 0 Å². The van der Waals surface area contributed by atoms with Gasteiger partial charge in [-0.25, -0.2) is 4.98 Å². The van der Waals surface area contributed by atoms with Gasteiger partial charge in [0.1, 0.15) is 5.82 Å². The van der Waals surface area contributed by atoms with Crippen LogP contribution in [0.3, 0.4) is 0 Å². The number of imidazole rings is 1. The van der Waals surface area contributed by atoms with E-state index in [9.17, 15) is 0 Å². The lowest BCUT2D eigenvalue weighted by molar-refractivity contribution is 0.181. The second-order valence-corrected chi connectivity index (χ2v) is 4.87. The van der Waals surface area contributed by atoms with E-state index in [1.807, 2.05) is 12.1 Å². The van der Waals surface area contributed by atoms with Gasteiger partial charge in [0.25, 0.3) is 0 Å². The Bertz CT molecular complexity index is 536. The molecule has 0 spiro atoms. The van der Waals surface area contributed by atoms with Gasteiger partial charge in [-0.1, -0.05) is 12.1 Å². The number of halogens is 1. The number of aromatic nitrogens is 2. The van der Waals surface area contributed by atoms with Crippen molar-refractivity contribution in [1.29, 1.82) is 0 Å². The normalized spacial score (nSPS) is 13.1. The number of benzene rings is 1. The SMILES string of the molecule is COCCC(C)n1c(CCl)nc2cccc(C)c21. The molecule has 1 heterocycles. The van der Waals surface area contributed by atoms with Crippen LogP contribution in [0.25, 0.3) is 11.0 Å². The maximum atomic E-state index is 6.02. The highest BCUT2D eigenvalue weighted by atomic mass is 35.5. The zero-order chi connectivity index (χ0) is 13.1. The van der Waals surface area contributed by atoms with Crippen LogP contribution in [0, 0.1) is 6.92 Å². The molecule has 1 atom stereocenters. The highest BCUT2D eigenvalue weighted by molar-refractivity contribution is 6.16. The summed E-state index contributed by atoms with van der Waals surface area (Å²) < 4.78 is 7.41. The molecule has 0 bridgehead atoms. The zero-order valence-corrected chi connectivity index (χ0v) is 11.9. The fourth-order valence-electron chi connectivity index (χ4n) is 2.36. The lowest BCUT2D eigenvalue weighted by Crippen LogP contribution is -2.11. The second-order valence-electron chi connectivity index (χ2n) is 4.60. The van der Waals surface area contributed by atoms with Gasteiger partial charge in [-0.3, -0.25) is 0 Å². The molecule has 1 aromatic carbocycles. The summed E-state index contributed by atoms with van der Waals surface area (Å²) in [4.78, 5) is 4.61. The molecular formula is C14H19ClN2O. The van der Waals surface area contributed by atoms with Crippen molar-refractivity contribution in [1.82, 2.24) is 9.55 Å². The molecular weight excluding hydrogens is 248 g/mol. The minimum atomic E-state index is 0.338. The van der Waals surface area contributed by atoms with Gasteiger partial charge in [0.15, 0.2) is 0 Å². The van der Waals surface area contributed by atoms with Gasteiger partial charge in [0, 0.05) is 19.8 Å². The molecule has 0 aliphatic heterocycles. The summed E-state index contributed by atoms with van der Waals surface area (Å²) in [5.74, 6) is 1.37. The number of aryl methyl sites for hydroxylation is 1. The number of nitrogens with zero attached hydrogens (tertiary/aromatic N) is 2. The Hall–Kier alpha value is -1.06. The second kappa shape index (κ2) is 5.72. The summed E-state index contributed by atoms with van der Waals surface area (Å²) in [5.41, 5.74) is 3.45. The Morgan fingerprint density at radius 3 is 2.89 bits per heavy atom. The number of fused-ring (bicyclic) bond motifs is 1. The predicted molar refractivity (Wildman–Crippen MR) is 75.2 cm³/mol. The van der Waals surface area contributed by atoms with E-state index in [2.05, 4.69) is 29.5 Å². The van der Waals surface area contributed by atoms with Crippen molar-refractivity contribution in [3.8, 4) is 0 Å². The zero-order valence-electron chi connectivity index (χ0n) is 11.1. The van der Waals surface area contributed by atoms with Gasteiger partial charge in [0.2, 0.25) is 0 Å². The minimum Gasteiger partial charge on any atom is -0.385 e. The maximum Gasteiger partial charge on any atom is 0.125 e. The average Bonchev–Trinajstić information content (AvgIpc) is 2.76. The quantitative estimate of drug-likeness (QED) is 0.772. The third-order valence-electron chi connectivity index (χ3n) is 3.28. The summed E-state index contributed by atoms with van der Waals surface area (Å²) in [6.07, 6.45) is 0.959. The van der Waals surface area contributed by atoms with Crippen LogP contribution in [0.15, 0.2) is 18.2 Å². The molecule has 0 aliphatic rings. The smallest absolute Gasteiger partial charge is 0.125 e. The molecule has 2 aromatic rings. The number of alkyl halides is 1. The van der Waals surface area contributed by atoms with E-state index in [-0.39, 0.29) is 0 Å². The number of hydrogen-bond donors (Lipinski definition) is 0. The van der Waals surface area contributed by atoms with Crippen molar-refractivity contribution in [2.45, 2.75) is 32.2 Å². The van der Waals surface area contributed by atoms with Crippen molar-refractivity contribution in [2.24, 2.45) is 0 Å². The van der Waals surface area contributed by atoms with E-state index in [1.54, 1.807) is 7.11 Å². The number of rotatable bonds is 5. The van der Waals surface area contributed by atoms with E-state index in [1.165, 1.54) is 11.1 Å². The monoisotopic (exact) mass is 266 g/mol. The Kier molecular flexibility index (Phi) is 4.25. The van der Waals surface area contributed by atoms with Gasteiger partial charge in [-0.2, -0.15) is 0 Å². The third-order valence-corrected chi connectivity index (χ3v) is 3.52. The maximum absolute atomic E-state index is 6.02. The first-order chi connectivity index (χ1) is 8.69. The topological polar surface area (TPSA) is 27.1 Å². The van der Waals surface area contributed by atoms with Crippen molar-refractivity contribution < 1.29 is 4.74 Å². The molecule has 0 amide bonds. The molecule has 0 saturated heterocycles. The molecule has 0 aliphatic carbocycles. The molecule has 0 saturated carbocycles. The number of ether oxygens (including phenoxy) is 1. The van der Waals surface area contributed by atoms with Gasteiger partial charge in [-0.05, 0) is 31.9 Å². The largest absolute Gasteiger partial charge is 0.385 e. The lowest BCUT2D eigenvalue weighted by Gasteiger charge is -2.17. The number of para-hydroxylation sites is 1. The lowest BCUT2D eigenvalue weighted by atomic mass is 10.1. The molecule has 98 valence electrons. The predicted octanol–water partition coefficient (Wildman–Crippen LogP) is 3.68. The Labute approximate surface area is 113 Å². The number of methoxy groups -OCH3 is 1. The first-order valence-electron chi connectivity index (χ1n) is 6.20. The van der Waals surface area contributed by atoms with Crippen LogP contribution in [0.5, 0.6) is 0 Å². The first kappa shape index (κ1) is 13.4. The van der Waals surface area contributed by atoms with E-state index in [0.717, 1.165) is 24.4 Å². The highest BCUT2D eigenvalue weighted by Gasteiger charge is 2.16. The molecule has 0 N–H and O–H groups in total. The molecule has 0 fully saturated rings. The van der Waals surface area contributed by atoms with E-state index in [4.69, 9.17) is 16.3 Å². The van der Waals surface area contributed by atoms with Crippen LogP contribution in [0.1, 0.15) is 30.8 Å². The van der Waals surface area contributed by atoms with Crippen LogP contribution < -0.4 is 0 Å². The Balaban J connectivity index is 2.52. The van der Waals surface area contributed by atoms with Crippen LogP contribution in [0.2, 0.25) is 0 Å². The summed E-state index contributed by atoms with van der Waals surface area (Å²) >= 11 is 6.02. The van der Waals surface area contributed by atoms with Crippen molar-refractivity contribution >= 4 is 22.6 Å². The van der Waals surface area contributed by atoms with Crippen LogP contribution >= 0.6 is 11.6 Å². The Morgan fingerprint density at radius 1 is 1.44 bits per heavy atom. The Morgan fingerprint density at radius 2 is 2.22 bits per heavy atom. The van der Waals surface area contributed by atoms with Crippen LogP contribution in [0.4, 0.5) is 0 Å². The standard InChI is InChI=1S/C14H19ClN2O/c1-10-5-4-6-12-14(10)17(13(9-15)16-12)11(2)7-8-18-3/h4-6,11H,7-9H2,1-3H3. The molecule has 0 radical (unpaired) electrons. The molecule has 1 aromatic heterocycles. The van der Waals surface area contributed by atoms with Gasteiger partial charge in [-0.15, -0.1) is 11.6 Å². The molecule has 3 nitrogen and oxygen atoms in total. The van der Waals surface area contributed by atoms with E-state index in [0.29, 0.717) is 11.9 Å². The molecule has 2 rings (SSSR count). The summed E-state index contributed by atoms with van der Waals surface area (Å²) in [5, 5.41) is 0. The van der Waals surface area contributed by atoms with Gasteiger partial charge in [0.05, 0.1) is 16.9 Å². The van der Waals surface area contributed by atoms with E-state index < -0.39 is 0 Å². The van der Waals surface area contributed by atoms with Crippen molar-refractivity contribution in [3.05, 3.63) is 29.6 Å². The average molecular weight is 267 g/mol. The van der Waals surface area contributed by atoms with E-state index >= 15 is 0 Å². The summed E-state index contributed by atoms with van der Waals surface area (Å²) in [6.45, 7) is 5.04. The summed E-state index contributed by atoms with van der Waals surface area (Å²) in [7, 11) is 1.73. The fourth-order valence-corrected chi connectivity index (χ4v) is 2.54. The summed E-state index contributed by atoms with van der Waals surface area (Å²) in [6, 6.07) is 6.52. The molecule has 4 heteroatoms. The number of hydrogen-bond acceptors (Lipinski definition) is 2. The van der Waals surface area contributed by atoms with Crippen LogP contribution in [-0.2, 0) is 10.6 Å². The van der Waals surface area contributed by atoms with Gasteiger partial charge >= 0.3 is 0 Å². The van der Waals surface area contributed by atoms with Gasteiger partial charge < -0.3 is 9.30 Å².